The van der Waals surface area contributed by atoms with Crippen molar-refractivity contribution in [3.05, 3.63) is 66.2 Å². The van der Waals surface area contributed by atoms with Gasteiger partial charge < -0.3 is 4.42 Å². The number of benzene rings is 2. The minimum atomic E-state index is -0.447. The number of fused-ring (bicyclic) bond motifs is 1. The van der Waals surface area contributed by atoms with Crippen LogP contribution >= 0.6 is 11.8 Å². The Morgan fingerprint density at radius 1 is 1.10 bits per heavy atom. The summed E-state index contributed by atoms with van der Waals surface area (Å²) in [6, 6.07) is 15.9. The van der Waals surface area contributed by atoms with Crippen molar-refractivity contribution in [2.45, 2.75) is 4.90 Å². The van der Waals surface area contributed by atoms with Gasteiger partial charge in [0.25, 0.3) is 0 Å². The van der Waals surface area contributed by atoms with E-state index in [-0.39, 0.29) is 22.9 Å². The highest BCUT2D eigenvalue weighted by Crippen LogP contribution is 2.24. The number of hydrogen-bond acceptors (Lipinski definition) is 3. The number of para-hydroxylation sites is 1. The maximum atomic E-state index is 13.5. The lowest BCUT2D eigenvalue weighted by atomic mass is 10.2. The number of halogens is 1. The average Bonchev–Trinajstić information content (AvgIpc) is 2.91. The van der Waals surface area contributed by atoms with E-state index in [1.54, 1.807) is 18.2 Å². The molecule has 3 aromatic rings. The summed E-state index contributed by atoms with van der Waals surface area (Å²) in [4.78, 5) is 13.1. The van der Waals surface area contributed by atoms with E-state index in [0.29, 0.717) is 5.39 Å². The molecule has 4 heteroatoms. The van der Waals surface area contributed by atoms with Crippen LogP contribution in [0.1, 0.15) is 10.6 Å². The first kappa shape index (κ1) is 12.9. The first-order chi connectivity index (χ1) is 9.74. The molecule has 0 atom stereocenters. The van der Waals surface area contributed by atoms with Gasteiger partial charge in [0.2, 0.25) is 5.78 Å². The molecule has 0 unspecified atom stereocenters. The molecule has 3 rings (SSSR count). The van der Waals surface area contributed by atoms with Crippen molar-refractivity contribution in [2.24, 2.45) is 0 Å². The largest absolute Gasteiger partial charge is 0.450 e. The van der Waals surface area contributed by atoms with Crippen LogP contribution in [0.25, 0.3) is 11.0 Å². The molecule has 0 saturated heterocycles. The fourth-order valence-corrected chi connectivity index (χ4v) is 2.69. The van der Waals surface area contributed by atoms with Crippen LogP contribution < -0.4 is 0 Å². The number of carbonyl (C=O) groups excluding carboxylic acids is 1. The van der Waals surface area contributed by atoms with E-state index in [2.05, 4.69) is 0 Å². The third-order valence-electron chi connectivity index (χ3n) is 2.88. The topological polar surface area (TPSA) is 30.2 Å². The number of rotatable bonds is 4. The molecule has 0 amide bonds. The van der Waals surface area contributed by atoms with E-state index < -0.39 is 5.82 Å². The zero-order valence-electron chi connectivity index (χ0n) is 10.5. The van der Waals surface area contributed by atoms with Crippen LogP contribution in [0.2, 0.25) is 0 Å². The van der Waals surface area contributed by atoms with Crippen LogP contribution in [0.5, 0.6) is 0 Å². The second-order valence-electron chi connectivity index (χ2n) is 4.29. The highest BCUT2D eigenvalue weighted by atomic mass is 32.2. The molecule has 0 N–H and O–H groups in total. The molecule has 0 aliphatic heterocycles. The second kappa shape index (κ2) is 5.51. The van der Waals surface area contributed by atoms with E-state index in [1.807, 2.05) is 30.3 Å². The Kier molecular flexibility index (Phi) is 3.56. The fourth-order valence-electron chi connectivity index (χ4n) is 1.90. The van der Waals surface area contributed by atoms with Crippen molar-refractivity contribution >= 4 is 28.5 Å². The monoisotopic (exact) mass is 286 g/mol. The molecule has 0 fully saturated rings. The van der Waals surface area contributed by atoms with Gasteiger partial charge in [0.15, 0.2) is 17.2 Å². The van der Waals surface area contributed by atoms with Gasteiger partial charge in [-0.15, -0.1) is 11.8 Å². The summed E-state index contributed by atoms with van der Waals surface area (Å²) in [6.45, 7) is 0. The zero-order chi connectivity index (χ0) is 13.9. The van der Waals surface area contributed by atoms with Crippen molar-refractivity contribution in [2.75, 3.05) is 5.75 Å². The maximum Gasteiger partial charge on any atom is 0.208 e. The predicted molar refractivity (Wildman–Crippen MR) is 77.7 cm³/mol. The van der Waals surface area contributed by atoms with Crippen LogP contribution in [0.15, 0.2) is 63.9 Å². The molecule has 100 valence electrons. The van der Waals surface area contributed by atoms with E-state index in [1.165, 1.54) is 17.8 Å². The molecule has 2 nitrogen and oxygen atoms in total. The lowest BCUT2D eigenvalue weighted by Gasteiger charge is -1.98. The van der Waals surface area contributed by atoms with Crippen LogP contribution in [0.4, 0.5) is 4.39 Å². The molecule has 1 aromatic heterocycles. The summed E-state index contributed by atoms with van der Waals surface area (Å²) >= 11 is 1.43. The molecular formula is C16H11FO2S. The molecule has 1 heterocycles. The SMILES string of the molecule is O=C(CSc1ccccc1)c1cc2cccc(F)c2o1. The molecule has 0 radical (unpaired) electrons. The molecule has 0 aliphatic rings. The van der Waals surface area contributed by atoms with E-state index in [0.717, 1.165) is 4.90 Å². The Balaban J connectivity index is 1.77. The molecular weight excluding hydrogens is 275 g/mol. The van der Waals surface area contributed by atoms with Gasteiger partial charge in [-0.05, 0) is 24.3 Å². The number of ketones is 1. The van der Waals surface area contributed by atoms with Gasteiger partial charge >= 0.3 is 0 Å². The second-order valence-corrected chi connectivity index (χ2v) is 5.34. The number of furan rings is 1. The lowest BCUT2D eigenvalue weighted by molar-refractivity contribution is 0.0994. The van der Waals surface area contributed by atoms with Gasteiger partial charge in [0, 0.05) is 10.3 Å². The summed E-state index contributed by atoms with van der Waals surface area (Å²) < 4.78 is 18.8. The van der Waals surface area contributed by atoms with Gasteiger partial charge in [-0.2, -0.15) is 0 Å². The summed E-state index contributed by atoms with van der Waals surface area (Å²) in [5.41, 5.74) is 0.139. The summed E-state index contributed by atoms with van der Waals surface area (Å²) in [5, 5.41) is 0.609. The average molecular weight is 286 g/mol. The van der Waals surface area contributed by atoms with Gasteiger partial charge in [0.1, 0.15) is 0 Å². The molecule has 0 aliphatic carbocycles. The van der Waals surface area contributed by atoms with E-state index in [4.69, 9.17) is 4.42 Å². The molecule has 20 heavy (non-hydrogen) atoms. The zero-order valence-corrected chi connectivity index (χ0v) is 11.3. The van der Waals surface area contributed by atoms with Crippen LogP contribution in [0.3, 0.4) is 0 Å². The maximum absolute atomic E-state index is 13.5. The van der Waals surface area contributed by atoms with Crippen molar-refractivity contribution in [1.29, 1.82) is 0 Å². The lowest BCUT2D eigenvalue weighted by Crippen LogP contribution is -2.00. The number of Topliss-reactive ketones (excluding diaryl/α,β-unsaturated/α-hetero) is 1. The fraction of sp³-hybridized carbons (Fsp3) is 0.0625. The first-order valence-electron chi connectivity index (χ1n) is 6.13. The minimum absolute atomic E-state index is 0.139. The van der Waals surface area contributed by atoms with Crippen LogP contribution in [-0.2, 0) is 0 Å². The smallest absolute Gasteiger partial charge is 0.208 e. The van der Waals surface area contributed by atoms with E-state index >= 15 is 0 Å². The van der Waals surface area contributed by atoms with Crippen LogP contribution in [-0.4, -0.2) is 11.5 Å². The minimum Gasteiger partial charge on any atom is -0.450 e. The third-order valence-corrected chi connectivity index (χ3v) is 3.90. The van der Waals surface area contributed by atoms with E-state index in [9.17, 15) is 9.18 Å². The third kappa shape index (κ3) is 2.60. The summed E-state index contributed by atoms with van der Waals surface area (Å²) in [6.07, 6.45) is 0. The van der Waals surface area contributed by atoms with Crippen LogP contribution in [0, 0.1) is 5.82 Å². The molecule has 0 saturated carbocycles. The quantitative estimate of drug-likeness (QED) is 0.521. The van der Waals surface area contributed by atoms with Crippen molar-refractivity contribution < 1.29 is 13.6 Å². The highest BCUT2D eigenvalue weighted by Gasteiger charge is 2.14. The Labute approximate surface area is 119 Å². The number of hydrogen-bond donors (Lipinski definition) is 0. The Bertz CT molecular complexity index is 750. The van der Waals surface area contributed by atoms with Gasteiger partial charge in [-0.1, -0.05) is 30.3 Å². The van der Waals surface area contributed by atoms with Gasteiger partial charge in [-0.25, -0.2) is 4.39 Å². The number of carbonyl (C=O) groups is 1. The molecule has 0 spiro atoms. The Morgan fingerprint density at radius 2 is 1.90 bits per heavy atom. The Morgan fingerprint density at radius 3 is 2.65 bits per heavy atom. The van der Waals surface area contributed by atoms with Crippen molar-refractivity contribution in [3.8, 4) is 0 Å². The predicted octanol–water partition coefficient (Wildman–Crippen LogP) is 4.55. The van der Waals surface area contributed by atoms with Crippen molar-refractivity contribution in [1.82, 2.24) is 0 Å². The first-order valence-corrected chi connectivity index (χ1v) is 7.12. The molecule has 0 bridgehead atoms. The highest BCUT2D eigenvalue weighted by molar-refractivity contribution is 8.00. The van der Waals surface area contributed by atoms with Gasteiger partial charge in [-0.3, -0.25) is 4.79 Å². The van der Waals surface area contributed by atoms with Gasteiger partial charge in [0.05, 0.1) is 5.75 Å². The molecule has 2 aromatic carbocycles. The Hall–Kier alpha value is -2.07. The van der Waals surface area contributed by atoms with Crippen molar-refractivity contribution in [3.63, 3.8) is 0 Å². The standard InChI is InChI=1S/C16H11FO2S/c17-13-8-4-5-11-9-15(19-16(11)13)14(18)10-20-12-6-2-1-3-7-12/h1-9H,10H2. The number of thioether (sulfide) groups is 1. The summed E-state index contributed by atoms with van der Waals surface area (Å²) in [7, 11) is 0. The summed E-state index contributed by atoms with van der Waals surface area (Å²) in [5.74, 6) is -0.119. The normalized spacial score (nSPS) is 10.8.